The van der Waals surface area contributed by atoms with Crippen LogP contribution in [0.2, 0.25) is 0 Å². The van der Waals surface area contributed by atoms with E-state index in [2.05, 4.69) is 29.8 Å². The summed E-state index contributed by atoms with van der Waals surface area (Å²) in [5, 5.41) is 0. The molecular formula is C11H15BrOS. The molecule has 0 radical (unpaired) electrons. The van der Waals surface area contributed by atoms with Crippen LogP contribution in [-0.4, -0.2) is 5.78 Å². The van der Waals surface area contributed by atoms with Gasteiger partial charge in [0.15, 0.2) is 5.78 Å². The number of Topliss-reactive ketones (excluding diaryl/α,β-unsaturated/α-hetero) is 1. The molecule has 3 heteroatoms. The second-order valence-electron chi connectivity index (χ2n) is 3.92. The van der Waals surface area contributed by atoms with Gasteiger partial charge in [-0.15, -0.1) is 11.3 Å². The van der Waals surface area contributed by atoms with Gasteiger partial charge in [0, 0.05) is 16.4 Å². The van der Waals surface area contributed by atoms with Crippen LogP contribution >= 0.6 is 27.3 Å². The molecule has 1 aromatic heterocycles. The minimum Gasteiger partial charge on any atom is -0.294 e. The molecule has 1 rings (SSSR count). The van der Waals surface area contributed by atoms with Gasteiger partial charge in [-0.3, -0.25) is 4.79 Å². The zero-order chi connectivity index (χ0) is 10.9. The van der Waals surface area contributed by atoms with E-state index in [9.17, 15) is 4.79 Å². The van der Waals surface area contributed by atoms with Crippen molar-refractivity contribution >= 4 is 33.0 Å². The van der Waals surface area contributed by atoms with Crippen LogP contribution in [0, 0.1) is 18.8 Å². The molecule has 1 atom stereocenters. The molecule has 0 bridgehead atoms. The Balaban J connectivity index is 2.95. The SMILES string of the molecule is Cc1sc(Br)cc1C(=O)C(C)C(C)C. The average molecular weight is 275 g/mol. The summed E-state index contributed by atoms with van der Waals surface area (Å²) in [6, 6.07) is 1.93. The predicted octanol–water partition coefficient (Wildman–Crippen LogP) is 4.29. The molecule has 0 N–H and O–H groups in total. The molecule has 78 valence electrons. The smallest absolute Gasteiger partial charge is 0.167 e. The third-order valence-corrected chi connectivity index (χ3v) is 4.12. The maximum absolute atomic E-state index is 12.0. The summed E-state index contributed by atoms with van der Waals surface area (Å²) >= 11 is 5.03. The van der Waals surface area contributed by atoms with Crippen LogP contribution in [0.1, 0.15) is 36.0 Å². The van der Waals surface area contributed by atoms with Crippen molar-refractivity contribution in [1.82, 2.24) is 0 Å². The summed E-state index contributed by atoms with van der Waals surface area (Å²) in [6.45, 7) is 8.16. The van der Waals surface area contributed by atoms with Gasteiger partial charge >= 0.3 is 0 Å². The first-order valence-electron chi connectivity index (χ1n) is 4.73. The van der Waals surface area contributed by atoms with Gasteiger partial charge in [0.05, 0.1) is 3.79 Å². The highest BCUT2D eigenvalue weighted by molar-refractivity contribution is 9.11. The first-order valence-corrected chi connectivity index (χ1v) is 6.34. The van der Waals surface area contributed by atoms with E-state index in [0.717, 1.165) is 14.2 Å². The summed E-state index contributed by atoms with van der Waals surface area (Å²) in [4.78, 5) is 13.1. The number of hydrogen-bond acceptors (Lipinski definition) is 2. The zero-order valence-corrected chi connectivity index (χ0v) is 11.3. The van der Waals surface area contributed by atoms with E-state index in [4.69, 9.17) is 0 Å². The van der Waals surface area contributed by atoms with Crippen molar-refractivity contribution < 1.29 is 4.79 Å². The number of rotatable bonds is 3. The fraction of sp³-hybridized carbons (Fsp3) is 0.545. The van der Waals surface area contributed by atoms with Crippen molar-refractivity contribution in [2.75, 3.05) is 0 Å². The molecule has 0 aliphatic rings. The first kappa shape index (κ1) is 11.9. The molecule has 0 saturated carbocycles. The lowest BCUT2D eigenvalue weighted by Gasteiger charge is -2.13. The topological polar surface area (TPSA) is 17.1 Å². The summed E-state index contributed by atoms with van der Waals surface area (Å²) < 4.78 is 1.04. The molecular weight excluding hydrogens is 260 g/mol. The van der Waals surface area contributed by atoms with E-state index in [1.165, 1.54) is 0 Å². The van der Waals surface area contributed by atoms with E-state index >= 15 is 0 Å². The Morgan fingerprint density at radius 2 is 2.00 bits per heavy atom. The second-order valence-corrected chi connectivity index (χ2v) is 6.55. The molecule has 1 nitrogen and oxygen atoms in total. The van der Waals surface area contributed by atoms with Gasteiger partial charge in [-0.2, -0.15) is 0 Å². The monoisotopic (exact) mass is 274 g/mol. The van der Waals surface area contributed by atoms with Crippen LogP contribution in [0.5, 0.6) is 0 Å². The van der Waals surface area contributed by atoms with Gasteiger partial charge in [0.2, 0.25) is 0 Å². The van der Waals surface area contributed by atoms with Crippen LogP contribution in [0.3, 0.4) is 0 Å². The van der Waals surface area contributed by atoms with Crippen LogP contribution in [0.25, 0.3) is 0 Å². The molecule has 0 saturated heterocycles. The van der Waals surface area contributed by atoms with Gasteiger partial charge in [-0.1, -0.05) is 20.8 Å². The number of thiophene rings is 1. The molecule has 0 aliphatic carbocycles. The van der Waals surface area contributed by atoms with Crippen LogP contribution in [-0.2, 0) is 0 Å². The van der Waals surface area contributed by atoms with Gasteiger partial charge in [0.1, 0.15) is 0 Å². The summed E-state index contributed by atoms with van der Waals surface area (Å²) in [5.41, 5.74) is 0.878. The molecule has 0 spiro atoms. The quantitative estimate of drug-likeness (QED) is 0.752. The largest absolute Gasteiger partial charge is 0.294 e. The fourth-order valence-corrected chi connectivity index (χ4v) is 2.93. The third-order valence-electron chi connectivity index (χ3n) is 2.57. The van der Waals surface area contributed by atoms with Gasteiger partial charge in [-0.05, 0) is 34.8 Å². The lowest BCUT2D eigenvalue weighted by molar-refractivity contribution is 0.0899. The van der Waals surface area contributed by atoms with Crippen molar-refractivity contribution in [3.63, 3.8) is 0 Å². The molecule has 0 aromatic carbocycles. The summed E-state index contributed by atoms with van der Waals surface area (Å²) in [6.07, 6.45) is 0. The molecule has 14 heavy (non-hydrogen) atoms. The van der Waals surface area contributed by atoms with E-state index in [1.54, 1.807) is 11.3 Å². The van der Waals surface area contributed by atoms with Crippen molar-refractivity contribution in [3.8, 4) is 0 Å². The standard InChI is InChI=1S/C11H15BrOS/c1-6(2)7(3)11(13)9-5-10(12)14-8(9)4/h5-7H,1-4H3. The minimum atomic E-state index is 0.107. The summed E-state index contributed by atoms with van der Waals surface area (Å²) in [7, 11) is 0. The second kappa shape index (κ2) is 4.58. The van der Waals surface area contributed by atoms with Crippen LogP contribution in [0.4, 0.5) is 0 Å². The molecule has 1 heterocycles. The molecule has 1 aromatic rings. The van der Waals surface area contributed by atoms with Gasteiger partial charge in [0.25, 0.3) is 0 Å². The number of aryl methyl sites for hydroxylation is 1. The van der Waals surface area contributed by atoms with E-state index in [1.807, 2.05) is 19.9 Å². The Kier molecular flexibility index (Phi) is 3.90. The third kappa shape index (κ3) is 2.45. The number of hydrogen-bond donors (Lipinski definition) is 0. The first-order chi connectivity index (χ1) is 6.43. The normalized spacial score (nSPS) is 13.3. The van der Waals surface area contributed by atoms with E-state index < -0.39 is 0 Å². The maximum atomic E-state index is 12.0. The lowest BCUT2D eigenvalue weighted by Crippen LogP contribution is -2.16. The van der Waals surface area contributed by atoms with Crippen molar-refractivity contribution in [1.29, 1.82) is 0 Å². The Morgan fingerprint density at radius 1 is 1.43 bits per heavy atom. The number of carbonyl (C=O) groups excluding carboxylic acids is 1. The highest BCUT2D eigenvalue weighted by Crippen LogP contribution is 2.29. The average Bonchev–Trinajstić information content (AvgIpc) is 2.42. The lowest BCUT2D eigenvalue weighted by atomic mass is 9.90. The van der Waals surface area contributed by atoms with Crippen molar-refractivity contribution in [2.45, 2.75) is 27.7 Å². The molecule has 0 fully saturated rings. The Hall–Kier alpha value is -0.150. The van der Waals surface area contributed by atoms with E-state index in [-0.39, 0.29) is 11.7 Å². The predicted molar refractivity (Wildman–Crippen MR) is 65.1 cm³/mol. The number of halogens is 1. The summed E-state index contributed by atoms with van der Waals surface area (Å²) in [5.74, 6) is 0.773. The van der Waals surface area contributed by atoms with Crippen LogP contribution < -0.4 is 0 Å². The minimum absolute atomic E-state index is 0.107. The van der Waals surface area contributed by atoms with Crippen molar-refractivity contribution in [2.24, 2.45) is 11.8 Å². The molecule has 0 amide bonds. The highest BCUT2D eigenvalue weighted by Gasteiger charge is 2.21. The van der Waals surface area contributed by atoms with Gasteiger partial charge in [-0.25, -0.2) is 0 Å². The zero-order valence-electron chi connectivity index (χ0n) is 8.93. The number of carbonyl (C=O) groups is 1. The van der Waals surface area contributed by atoms with Crippen molar-refractivity contribution in [3.05, 3.63) is 20.3 Å². The maximum Gasteiger partial charge on any atom is 0.167 e. The van der Waals surface area contributed by atoms with E-state index in [0.29, 0.717) is 5.92 Å². The highest BCUT2D eigenvalue weighted by atomic mass is 79.9. The fourth-order valence-electron chi connectivity index (χ4n) is 1.24. The van der Waals surface area contributed by atoms with Crippen LogP contribution in [0.15, 0.2) is 9.85 Å². The molecule has 0 aliphatic heterocycles. The Morgan fingerprint density at radius 3 is 2.36 bits per heavy atom. The number of ketones is 1. The molecule has 1 unspecified atom stereocenters. The Bertz CT molecular complexity index is 341. The Labute approximate surface area is 97.7 Å². The van der Waals surface area contributed by atoms with Gasteiger partial charge < -0.3 is 0 Å².